The molecule has 1 aromatic rings. The molecule has 2 amide bonds. The van der Waals surface area contributed by atoms with E-state index < -0.39 is 18.6 Å². The van der Waals surface area contributed by atoms with Crippen LogP contribution in [0.2, 0.25) is 0 Å². The highest BCUT2D eigenvalue weighted by molar-refractivity contribution is 5.95. The van der Waals surface area contributed by atoms with Crippen LogP contribution in [0.15, 0.2) is 23.4 Å². The van der Waals surface area contributed by atoms with Crippen molar-refractivity contribution in [2.45, 2.75) is 53.3 Å². The second-order valence-electron chi connectivity index (χ2n) is 6.70. The molecule has 6 nitrogen and oxygen atoms in total. The Morgan fingerprint density at radius 3 is 2.19 bits per heavy atom. The zero-order valence-electron chi connectivity index (χ0n) is 16.2. The van der Waals surface area contributed by atoms with Crippen molar-refractivity contribution in [3.63, 3.8) is 0 Å². The number of rotatable bonds is 5. The molecule has 0 saturated carbocycles. The van der Waals surface area contributed by atoms with E-state index in [-0.39, 0.29) is 17.8 Å². The molecule has 0 radical (unpaired) electrons. The zero-order valence-corrected chi connectivity index (χ0v) is 16.2. The number of aryl methyl sites for hydroxylation is 2. The third-order valence-electron chi connectivity index (χ3n) is 4.47. The van der Waals surface area contributed by atoms with E-state index in [2.05, 4.69) is 10.1 Å². The SMILES string of the molecule is COC(=O)C1=C(C)N(C(C)C)C(=O)N[C@@H]1c1cc(C)c(OC(F)F)c(C)c1. The molecule has 1 atom stereocenters. The number of nitrogens with zero attached hydrogens (tertiary/aromatic N) is 1. The van der Waals surface area contributed by atoms with Crippen molar-refractivity contribution in [1.29, 1.82) is 0 Å². The second-order valence-corrected chi connectivity index (χ2v) is 6.70. The average molecular weight is 382 g/mol. The van der Waals surface area contributed by atoms with Crippen LogP contribution in [-0.2, 0) is 9.53 Å². The number of carbonyl (C=O) groups excluding carboxylic acids is 2. The van der Waals surface area contributed by atoms with Crippen molar-refractivity contribution >= 4 is 12.0 Å². The second kappa shape index (κ2) is 7.94. The summed E-state index contributed by atoms with van der Waals surface area (Å²) in [6.45, 7) is 5.69. The highest BCUT2D eigenvalue weighted by Gasteiger charge is 2.37. The number of allylic oxidation sites excluding steroid dienone is 1. The standard InChI is InChI=1S/C19H24F2N2O4/c1-9(2)23-12(5)14(17(24)26-6)15(22-19(23)25)13-7-10(3)16(11(4)8-13)27-18(20)21/h7-9,15,18H,1-6H3,(H,22,25)/t15-/m1/s1. The molecule has 0 fully saturated rings. The van der Waals surface area contributed by atoms with Gasteiger partial charge in [0.2, 0.25) is 0 Å². The van der Waals surface area contributed by atoms with E-state index in [0.29, 0.717) is 28.0 Å². The average Bonchev–Trinajstić information content (AvgIpc) is 2.56. The molecule has 1 heterocycles. The molecule has 27 heavy (non-hydrogen) atoms. The maximum absolute atomic E-state index is 12.6. The summed E-state index contributed by atoms with van der Waals surface area (Å²) in [4.78, 5) is 26.5. The van der Waals surface area contributed by atoms with Crippen LogP contribution in [0.3, 0.4) is 0 Å². The Balaban J connectivity index is 2.59. The highest BCUT2D eigenvalue weighted by atomic mass is 19.3. The van der Waals surface area contributed by atoms with Crippen molar-refractivity contribution in [2.24, 2.45) is 0 Å². The first-order valence-electron chi connectivity index (χ1n) is 8.53. The molecule has 0 saturated heterocycles. The molecule has 1 aliphatic rings. The molecule has 0 bridgehead atoms. The van der Waals surface area contributed by atoms with Gasteiger partial charge in [0, 0.05) is 11.7 Å². The fourth-order valence-electron chi connectivity index (χ4n) is 3.43. The van der Waals surface area contributed by atoms with Crippen LogP contribution >= 0.6 is 0 Å². The third-order valence-corrected chi connectivity index (χ3v) is 4.47. The number of methoxy groups -OCH3 is 1. The summed E-state index contributed by atoms with van der Waals surface area (Å²) < 4.78 is 34.7. The number of halogens is 2. The van der Waals surface area contributed by atoms with Crippen LogP contribution in [0.25, 0.3) is 0 Å². The lowest BCUT2D eigenvalue weighted by molar-refractivity contribution is -0.136. The van der Waals surface area contributed by atoms with Crippen LogP contribution in [0.1, 0.15) is 43.5 Å². The molecule has 1 N–H and O–H groups in total. The van der Waals surface area contributed by atoms with E-state index in [1.807, 2.05) is 13.8 Å². The Kier molecular flexibility index (Phi) is 6.08. The van der Waals surface area contributed by atoms with Gasteiger partial charge in [-0.3, -0.25) is 4.90 Å². The Morgan fingerprint density at radius 2 is 1.74 bits per heavy atom. The molecular formula is C19H24F2N2O4. The molecule has 2 rings (SSSR count). The zero-order chi connectivity index (χ0) is 20.5. The first kappa shape index (κ1) is 20.7. The maximum atomic E-state index is 12.6. The summed E-state index contributed by atoms with van der Waals surface area (Å²) in [6, 6.07) is 1.99. The van der Waals surface area contributed by atoms with Gasteiger partial charge in [-0.15, -0.1) is 0 Å². The number of carbonyl (C=O) groups is 2. The Hall–Kier alpha value is -2.64. The number of hydrogen-bond donors (Lipinski definition) is 1. The maximum Gasteiger partial charge on any atom is 0.387 e. The molecule has 1 aromatic carbocycles. The molecule has 1 aliphatic heterocycles. The normalized spacial score (nSPS) is 17.5. The van der Waals surface area contributed by atoms with Gasteiger partial charge in [0.25, 0.3) is 0 Å². The predicted octanol–water partition coefficient (Wildman–Crippen LogP) is 3.83. The summed E-state index contributed by atoms with van der Waals surface area (Å²) in [5.41, 5.74) is 2.34. The van der Waals surface area contributed by atoms with Crippen molar-refractivity contribution < 1.29 is 27.8 Å². The van der Waals surface area contributed by atoms with Crippen molar-refractivity contribution in [3.8, 4) is 5.75 Å². The lowest BCUT2D eigenvalue weighted by Gasteiger charge is -2.37. The van der Waals surface area contributed by atoms with E-state index in [0.717, 1.165) is 0 Å². The van der Waals surface area contributed by atoms with Crippen LogP contribution in [0, 0.1) is 13.8 Å². The molecular weight excluding hydrogens is 358 g/mol. The number of nitrogens with one attached hydrogen (secondary N) is 1. The number of ether oxygens (including phenoxy) is 2. The fourth-order valence-corrected chi connectivity index (χ4v) is 3.43. The van der Waals surface area contributed by atoms with Gasteiger partial charge in [-0.25, -0.2) is 9.59 Å². The highest BCUT2D eigenvalue weighted by Crippen LogP contribution is 2.35. The number of benzene rings is 1. The first-order chi connectivity index (χ1) is 12.6. The Morgan fingerprint density at radius 1 is 1.19 bits per heavy atom. The molecule has 0 unspecified atom stereocenters. The predicted molar refractivity (Wildman–Crippen MR) is 95.5 cm³/mol. The topological polar surface area (TPSA) is 67.9 Å². The van der Waals surface area contributed by atoms with Gasteiger partial charge in [-0.05, 0) is 63.4 Å². The summed E-state index contributed by atoms with van der Waals surface area (Å²) >= 11 is 0. The van der Waals surface area contributed by atoms with E-state index in [9.17, 15) is 18.4 Å². The molecule has 0 aromatic heterocycles. The quantitative estimate of drug-likeness (QED) is 0.786. The fraction of sp³-hybridized carbons (Fsp3) is 0.474. The van der Waals surface area contributed by atoms with Crippen molar-refractivity contribution in [3.05, 3.63) is 40.1 Å². The number of alkyl halides is 2. The molecule has 148 valence electrons. The minimum atomic E-state index is -2.94. The van der Waals surface area contributed by atoms with Crippen LogP contribution in [0.4, 0.5) is 13.6 Å². The Bertz CT molecular complexity index is 767. The minimum Gasteiger partial charge on any atom is -0.466 e. The summed E-state index contributed by atoms with van der Waals surface area (Å²) in [5.74, 6) is -0.480. The number of esters is 1. The lowest BCUT2D eigenvalue weighted by atomic mass is 9.92. The van der Waals surface area contributed by atoms with E-state index >= 15 is 0 Å². The summed E-state index contributed by atoms with van der Waals surface area (Å²) in [5, 5.41) is 2.81. The smallest absolute Gasteiger partial charge is 0.387 e. The molecule has 8 heteroatoms. The van der Waals surface area contributed by atoms with Gasteiger partial charge in [0.1, 0.15) is 5.75 Å². The van der Waals surface area contributed by atoms with Gasteiger partial charge in [0.15, 0.2) is 0 Å². The van der Waals surface area contributed by atoms with E-state index in [1.165, 1.54) is 12.0 Å². The summed E-state index contributed by atoms with van der Waals surface area (Å²) in [7, 11) is 1.27. The van der Waals surface area contributed by atoms with Gasteiger partial charge in [-0.2, -0.15) is 8.78 Å². The number of urea groups is 1. The summed E-state index contributed by atoms with van der Waals surface area (Å²) in [6.07, 6.45) is 0. The van der Waals surface area contributed by atoms with Crippen molar-refractivity contribution in [1.82, 2.24) is 10.2 Å². The monoisotopic (exact) mass is 382 g/mol. The van der Waals surface area contributed by atoms with E-state index in [1.54, 1.807) is 32.9 Å². The molecule has 0 spiro atoms. The van der Waals surface area contributed by atoms with Gasteiger partial charge >= 0.3 is 18.6 Å². The van der Waals surface area contributed by atoms with Gasteiger partial charge < -0.3 is 14.8 Å². The minimum absolute atomic E-state index is 0.0833. The van der Waals surface area contributed by atoms with Gasteiger partial charge in [0.05, 0.1) is 18.7 Å². The van der Waals surface area contributed by atoms with Crippen LogP contribution < -0.4 is 10.1 Å². The first-order valence-corrected chi connectivity index (χ1v) is 8.53. The third kappa shape index (κ3) is 4.04. The largest absolute Gasteiger partial charge is 0.466 e. The molecule has 0 aliphatic carbocycles. The Labute approximate surface area is 157 Å². The van der Waals surface area contributed by atoms with Crippen LogP contribution in [0.5, 0.6) is 5.75 Å². The van der Waals surface area contributed by atoms with E-state index in [4.69, 9.17) is 4.74 Å². The van der Waals surface area contributed by atoms with Crippen molar-refractivity contribution in [2.75, 3.05) is 7.11 Å². The number of amides is 2. The van der Waals surface area contributed by atoms with Crippen LogP contribution in [-0.4, -0.2) is 36.7 Å². The lowest BCUT2D eigenvalue weighted by Crippen LogP contribution is -2.50. The van der Waals surface area contributed by atoms with Gasteiger partial charge in [-0.1, -0.05) is 0 Å². The number of hydrogen-bond acceptors (Lipinski definition) is 4.